The SMILES string of the molecule is CC(=O)CC[C@H]1CN(c2ccc(N3CCN(C(=O)c4cccc(=S)n4O)CC3)c(F)c2)C(=O)O1. The van der Waals surface area contributed by atoms with E-state index in [0.29, 0.717) is 55.1 Å². The monoisotopic (exact) mass is 488 g/mol. The van der Waals surface area contributed by atoms with E-state index in [-0.39, 0.29) is 28.6 Å². The van der Waals surface area contributed by atoms with Crippen LogP contribution in [0, 0.1) is 10.5 Å². The lowest BCUT2D eigenvalue weighted by molar-refractivity contribution is -0.117. The average molecular weight is 489 g/mol. The van der Waals surface area contributed by atoms with Crippen LogP contribution in [-0.2, 0) is 9.53 Å². The zero-order chi connectivity index (χ0) is 24.4. The van der Waals surface area contributed by atoms with Crippen LogP contribution in [0.15, 0.2) is 36.4 Å². The number of rotatable bonds is 6. The van der Waals surface area contributed by atoms with Gasteiger partial charge in [0.2, 0.25) is 0 Å². The zero-order valence-corrected chi connectivity index (χ0v) is 19.5. The van der Waals surface area contributed by atoms with Gasteiger partial charge in [-0.1, -0.05) is 18.3 Å². The van der Waals surface area contributed by atoms with E-state index in [0.717, 1.165) is 0 Å². The van der Waals surface area contributed by atoms with Crippen molar-refractivity contribution in [1.29, 1.82) is 0 Å². The molecule has 2 aliphatic rings. The number of hydrogen-bond acceptors (Lipinski definition) is 7. The number of benzene rings is 1. The van der Waals surface area contributed by atoms with Gasteiger partial charge in [0.25, 0.3) is 5.91 Å². The second-order valence-corrected chi connectivity index (χ2v) is 8.75. The van der Waals surface area contributed by atoms with Crippen LogP contribution in [0.3, 0.4) is 0 Å². The Morgan fingerprint density at radius 2 is 1.91 bits per heavy atom. The number of Topliss-reactive ketones (excluding diaryl/α,β-unsaturated/α-hetero) is 1. The lowest BCUT2D eigenvalue weighted by Crippen LogP contribution is -2.49. The molecule has 2 fully saturated rings. The van der Waals surface area contributed by atoms with Gasteiger partial charge in [0, 0.05) is 32.6 Å². The number of hydrogen-bond donors (Lipinski definition) is 1. The summed E-state index contributed by atoms with van der Waals surface area (Å²) in [7, 11) is 0. The van der Waals surface area contributed by atoms with Crippen LogP contribution >= 0.6 is 12.2 Å². The molecule has 2 aromatic rings. The van der Waals surface area contributed by atoms with E-state index in [1.165, 1.54) is 30.0 Å². The van der Waals surface area contributed by atoms with Crippen LogP contribution in [-0.4, -0.2) is 71.4 Å². The highest BCUT2D eigenvalue weighted by molar-refractivity contribution is 7.71. The van der Waals surface area contributed by atoms with E-state index in [1.54, 1.807) is 23.1 Å². The second-order valence-electron chi connectivity index (χ2n) is 8.33. The lowest BCUT2D eigenvalue weighted by atomic mass is 10.1. The van der Waals surface area contributed by atoms with Gasteiger partial charge in [-0.2, -0.15) is 4.73 Å². The number of nitrogens with zero attached hydrogens (tertiary/aromatic N) is 4. The summed E-state index contributed by atoms with van der Waals surface area (Å²) in [4.78, 5) is 40.9. The second kappa shape index (κ2) is 9.80. The van der Waals surface area contributed by atoms with Gasteiger partial charge in [0.15, 0.2) is 0 Å². The third-order valence-corrected chi connectivity index (χ3v) is 6.30. The Morgan fingerprint density at radius 1 is 1.18 bits per heavy atom. The van der Waals surface area contributed by atoms with Gasteiger partial charge in [-0.25, -0.2) is 9.18 Å². The van der Waals surface area contributed by atoms with Crippen molar-refractivity contribution in [3.8, 4) is 0 Å². The summed E-state index contributed by atoms with van der Waals surface area (Å²) in [6.45, 7) is 3.25. The van der Waals surface area contributed by atoms with Gasteiger partial charge in [-0.3, -0.25) is 9.69 Å². The number of anilines is 2. The number of halogens is 1. The standard InChI is InChI=1S/C23H25FN4O5S/c1-15(29)5-7-17-14-27(23(31)33-17)16-6-8-19(18(24)13-16)25-9-11-26(12-10-25)22(30)20-3-2-4-21(34)28(20)32/h2-4,6,8,13,17,32H,5,7,9-12,14H2,1H3/t17-/m0/s1. The van der Waals surface area contributed by atoms with Gasteiger partial charge in [0.05, 0.1) is 17.9 Å². The topological polar surface area (TPSA) is 95.3 Å². The molecule has 180 valence electrons. The van der Waals surface area contributed by atoms with Crippen molar-refractivity contribution < 1.29 is 28.7 Å². The minimum atomic E-state index is -0.558. The molecule has 1 aromatic carbocycles. The van der Waals surface area contributed by atoms with Crippen molar-refractivity contribution in [2.75, 3.05) is 42.5 Å². The fraction of sp³-hybridized carbons (Fsp3) is 0.391. The highest BCUT2D eigenvalue weighted by Crippen LogP contribution is 2.29. The van der Waals surface area contributed by atoms with Gasteiger partial charge in [0.1, 0.15) is 28.0 Å². The molecule has 3 heterocycles. The minimum absolute atomic E-state index is 0.0242. The smallest absolute Gasteiger partial charge is 0.414 e. The maximum Gasteiger partial charge on any atom is 0.414 e. The molecule has 1 N–H and O–H groups in total. The third kappa shape index (κ3) is 4.89. The summed E-state index contributed by atoms with van der Waals surface area (Å²) in [5, 5.41) is 10.0. The lowest BCUT2D eigenvalue weighted by Gasteiger charge is -2.36. The molecule has 0 saturated carbocycles. The predicted molar refractivity (Wildman–Crippen MR) is 124 cm³/mol. The fourth-order valence-corrected chi connectivity index (χ4v) is 4.30. The number of aromatic nitrogens is 1. The summed E-state index contributed by atoms with van der Waals surface area (Å²) in [6, 6.07) is 9.19. The summed E-state index contributed by atoms with van der Waals surface area (Å²) >= 11 is 4.99. The van der Waals surface area contributed by atoms with E-state index in [2.05, 4.69) is 0 Å². The van der Waals surface area contributed by atoms with Crippen LogP contribution in [0.5, 0.6) is 0 Å². The molecule has 0 unspecified atom stereocenters. The number of carbonyl (C=O) groups excluding carboxylic acids is 3. The zero-order valence-electron chi connectivity index (χ0n) is 18.6. The van der Waals surface area contributed by atoms with E-state index >= 15 is 0 Å². The molecule has 1 atom stereocenters. The maximum absolute atomic E-state index is 15.0. The first kappa shape index (κ1) is 23.7. The Hall–Kier alpha value is -3.47. The molecule has 34 heavy (non-hydrogen) atoms. The fourth-order valence-electron chi connectivity index (χ4n) is 4.12. The predicted octanol–water partition coefficient (Wildman–Crippen LogP) is 3.25. The van der Waals surface area contributed by atoms with E-state index in [4.69, 9.17) is 17.0 Å². The molecule has 0 spiro atoms. The Kier molecular flexibility index (Phi) is 6.82. The Bertz CT molecular complexity index is 1180. The first-order chi connectivity index (χ1) is 16.2. The number of ether oxygens (including phenoxy) is 1. The number of pyridine rings is 1. The molecule has 2 aliphatic heterocycles. The molecule has 0 radical (unpaired) electrons. The van der Waals surface area contributed by atoms with Crippen molar-refractivity contribution in [1.82, 2.24) is 9.63 Å². The molecule has 2 saturated heterocycles. The summed E-state index contributed by atoms with van der Waals surface area (Å²) < 4.78 is 21.1. The molecular weight excluding hydrogens is 463 g/mol. The van der Waals surface area contributed by atoms with E-state index in [9.17, 15) is 24.0 Å². The largest absolute Gasteiger partial charge is 0.444 e. The molecule has 11 heteroatoms. The highest BCUT2D eigenvalue weighted by atomic mass is 32.1. The number of ketones is 1. The van der Waals surface area contributed by atoms with E-state index < -0.39 is 18.0 Å². The molecule has 2 amide bonds. The van der Waals surface area contributed by atoms with Gasteiger partial charge in [-0.05, 0) is 43.7 Å². The highest BCUT2D eigenvalue weighted by Gasteiger charge is 2.33. The Labute approximate surface area is 200 Å². The van der Waals surface area contributed by atoms with Crippen LogP contribution in [0.2, 0.25) is 0 Å². The van der Waals surface area contributed by atoms with Crippen molar-refractivity contribution in [2.45, 2.75) is 25.9 Å². The Morgan fingerprint density at radius 3 is 2.59 bits per heavy atom. The van der Waals surface area contributed by atoms with Crippen LogP contribution < -0.4 is 9.80 Å². The average Bonchev–Trinajstić information content (AvgIpc) is 3.19. The molecule has 1 aromatic heterocycles. The van der Waals surface area contributed by atoms with Gasteiger partial charge >= 0.3 is 6.09 Å². The quantitative estimate of drug-likeness (QED) is 0.493. The van der Waals surface area contributed by atoms with Crippen molar-refractivity contribution in [3.63, 3.8) is 0 Å². The molecule has 4 rings (SSSR count). The molecule has 0 bridgehead atoms. The third-order valence-electron chi connectivity index (χ3n) is 5.99. The van der Waals surface area contributed by atoms with Crippen molar-refractivity contribution >= 4 is 41.4 Å². The normalized spacial score (nSPS) is 18.2. The summed E-state index contributed by atoms with van der Waals surface area (Å²) in [6.07, 6.45) is -0.195. The number of cyclic esters (lactones) is 1. The van der Waals surface area contributed by atoms with E-state index in [1.807, 2.05) is 4.90 Å². The maximum atomic E-state index is 15.0. The Balaban J connectivity index is 1.39. The van der Waals surface area contributed by atoms with Crippen LogP contribution in [0.1, 0.15) is 30.3 Å². The number of amides is 2. The van der Waals surface area contributed by atoms with Gasteiger partial charge in [-0.15, -0.1) is 0 Å². The minimum Gasteiger partial charge on any atom is -0.444 e. The first-order valence-corrected chi connectivity index (χ1v) is 11.4. The molecular formula is C23H25FN4O5S. The van der Waals surface area contributed by atoms with Crippen LogP contribution in [0.25, 0.3) is 0 Å². The van der Waals surface area contributed by atoms with Crippen molar-refractivity contribution in [2.24, 2.45) is 0 Å². The van der Waals surface area contributed by atoms with Crippen LogP contribution in [0.4, 0.5) is 20.6 Å². The van der Waals surface area contributed by atoms with Gasteiger partial charge < -0.3 is 24.5 Å². The molecule has 9 nitrogen and oxygen atoms in total. The first-order valence-electron chi connectivity index (χ1n) is 11.0. The van der Waals surface area contributed by atoms with Crippen molar-refractivity contribution in [3.05, 3.63) is 52.5 Å². The molecule has 0 aliphatic carbocycles. The summed E-state index contributed by atoms with van der Waals surface area (Å²) in [5.41, 5.74) is 0.846. The number of carbonyl (C=O) groups is 3. The summed E-state index contributed by atoms with van der Waals surface area (Å²) in [5.74, 6) is -0.808. The number of piperazine rings is 1.